The van der Waals surface area contributed by atoms with Crippen molar-refractivity contribution in [3.63, 3.8) is 0 Å². The summed E-state index contributed by atoms with van der Waals surface area (Å²) in [5.74, 6) is 0.937. The van der Waals surface area contributed by atoms with Crippen molar-refractivity contribution >= 4 is 0 Å². The summed E-state index contributed by atoms with van der Waals surface area (Å²) >= 11 is 0. The summed E-state index contributed by atoms with van der Waals surface area (Å²) in [7, 11) is 0. The molecule has 3 nitrogen and oxygen atoms in total. The zero-order valence-corrected chi connectivity index (χ0v) is 11.8. The van der Waals surface area contributed by atoms with Crippen LogP contribution in [0.25, 0.3) is 0 Å². The van der Waals surface area contributed by atoms with Crippen LogP contribution in [-0.4, -0.2) is 61.2 Å². The molecule has 0 aromatic heterocycles. The molecule has 0 spiro atoms. The average molecular weight is 239 g/mol. The van der Waals surface area contributed by atoms with Gasteiger partial charge in [-0.15, -0.1) is 0 Å². The van der Waals surface area contributed by atoms with E-state index in [1.165, 1.54) is 58.7 Å². The van der Waals surface area contributed by atoms with Gasteiger partial charge < -0.3 is 10.2 Å². The van der Waals surface area contributed by atoms with E-state index in [0.717, 1.165) is 5.92 Å². The smallest absolute Gasteiger partial charge is 0.0125 e. The molecule has 0 saturated carbocycles. The van der Waals surface area contributed by atoms with Crippen LogP contribution in [0.5, 0.6) is 0 Å². The highest BCUT2D eigenvalue weighted by Gasteiger charge is 2.27. The van der Waals surface area contributed by atoms with Crippen molar-refractivity contribution in [1.29, 1.82) is 0 Å². The second-order valence-electron chi connectivity index (χ2n) is 6.65. The largest absolute Gasteiger partial charge is 0.314 e. The molecule has 2 fully saturated rings. The van der Waals surface area contributed by atoms with Gasteiger partial charge in [-0.1, -0.05) is 0 Å². The van der Waals surface area contributed by atoms with E-state index < -0.39 is 0 Å². The van der Waals surface area contributed by atoms with E-state index in [2.05, 4.69) is 35.9 Å². The predicted octanol–water partition coefficient (Wildman–Crippen LogP) is 1.40. The first-order valence-corrected chi connectivity index (χ1v) is 7.24. The van der Waals surface area contributed by atoms with Gasteiger partial charge in [0.15, 0.2) is 0 Å². The zero-order valence-electron chi connectivity index (χ0n) is 11.8. The molecule has 0 amide bonds. The SMILES string of the molecule is CC(C)(C)N1CCC(CN2CCNCC2)CC1. The molecule has 2 heterocycles. The number of hydrogen-bond donors (Lipinski definition) is 1. The third-order valence-electron chi connectivity index (χ3n) is 4.29. The van der Waals surface area contributed by atoms with Crippen LogP contribution in [0.1, 0.15) is 33.6 Å². The number of likely N-dealkylation sites (tertiary alicyclic amines) is 1. The number of nitrogens with one attached hydrogen (secondary N) is 1. The number of nitrogens with zero attached hydrogens (tertiary/aromatic N) is 2. The Morgan fingerprint density at radius 1 is 1.00 bits per heavy atom. The van der Waals surface area contributed by atoms with Crippen LogP contribution in [0, 0.1) is 5.92 Å². The van der Waals surface area contributed by atoms with E-state index in [4.69, 9.17) is 0 Å². The van der Waals surface area contributed by atoms with Crippen molar-refractivity contribution in [1.82, 2.24) is 15.1 Å². The summed E-state index contributed by atoms with van der Waals surface area (Å²) in [6.07, 6.45) is 2.78. The quantitative estimate of drug-likeness (QED) is 0.786. The van der Waals surface area contributed by atoms with Gasteiger partial charge >= 0.3 is 0 Å². The Morgan fingerprint density at radius 2 is 1.59 bits per heavy atom. The lowest BCUT2D eigenvalue weighted by atomic mass is 9.92. The van der Waals surface area contributed by atoms with E-state index in [1.54, 1.807) is 0 Å². The van der Waals surface area contributed by atoms with Crippen molar-refractivity contribution in [2.45, 2.75) is 39.2 Å². The second-order valence-corrected chi connectivity index (χ2v) is 6.65. The highest BCUT2D eigenvalue weighted by Crippen LogP contribution is 2.24. The predicted molar refractivity (Wildman–Crippen MR) is 73.4 cm³/mol. The molecule has 2 aliphatic rings. The summed E-state index contributed by atoms with van der Waals surface area (Å²) < 4.78 is 0. The minimum atomic E-state index is 0.361. The fraction of sp³-hybridized carbons (Fsp3) is 1.00. The molecule has 17 heavy (non-hydrogen) atoms. The van der Waals surface area contributed by atoms with Crippen LogP contribution in [0.2, 0.25) is 0 Å². The van der Waals surface area contributed by atoms with Crippen molar-refractivity contribution in [2.75, 3.05) is 45.8 Å². The third kappa shape index (κ3) is 3.94. The fourth-order valence-corrected chi connectivity index (χ4v) is 3.05. The van der Waals surface area contributed by atoms with Gasteiger partial charge in [0.05, 0.1) is 0 Å². The third-order valence-corrected chi connectivity index (χ3v) is 4.29. The van der Waals surface area contributed by atoms with Crippen LogP contribution in [0.3, 0.4) is 0 Å². The lowest BCUT2D eigenvalue weighted by Gasteiger charge is -2.42. The lowest BCUT2D eigenvalue weighted by molar-refractivity contribution is 0.0725. The Morgan fingerprint density at radius 3 is 2.12 bits per heavy atom. The maximum Gasteiger partial charge on any atom is 0.0125 e. The Hall–Kier alpha value is -0.120. The van der Waals surface area contributed by atoms with Gasteiger partial charge in [-0.25, -0.2) is 0 Å². The van der Waals surface area contributed by atoms with Gasteiger partial charge in [0.1, 0.15) is 0 Å². The van der Waals surface area contributed by atoms with E-state index >= 15 is 0 Å². The summed E-state index contributed by atoms with van der Waals surface area (Å²) in [4.78, 5) is 5.29. The summed E-state index contributed by atoms with van der Waals surface area (Å²) in [5, 5.41) is 3.43. The first kappa shape index (κ1) is 13.3. The van der Waals surface area contributed by atoms with Gasteiger partial charge in [-0.3, -0.25) is 4.90 Å². The molecule has 0 atom stereocenters. The number of piperidine rings is 1. The molecular weight excluding hydrogens is 210 g/mol. The number of hydrogen-bond acceptors (Lipinski definition) is 3. The highest BCUT2D eigenvalue weighted by atomic mass is 15.2. The Bertz CT molecular complexity index is 220. The molecule has 0 bridgehead atoms. The fourth-order valence-electron chi connectivity index (χ4n) is 3.05. The molecule has 0 radical (unpaired) electrons. The zero-order chi connectivity index (χ0) is 12.3. The van der Waals surface area contributed by atoms with Crippen LogP contribution < -0.4 is 5.32 Å². The molecule has 3 heteroatoms. The van der Waals surface area contributed by atoms with Gasteiger partial charge in [0.25, 0.3) is 0 Å². The second kappa shape index (κ2) is 5.68. The monoisotopic (exact) mass is 239 g/mol. The molecule has 100 valence electrons. The lowest BCUT2D eigenvalue weighted by Crippen LogP contribution is -2.49. The van der Waals surface area contributed by atoms with E-state index in [0.29, 0.717) is 5.54 Å². The van der Waals surface area contributed by atoms with Crippen LogP contribution in [-0.2, 0) is 0 Å². The molecular formula is C14H29N3. The first-order chi connectivity index (χ1) is 8.05. The molecule has 0 aromatic rings. The highest BCUT2D eigenvalue weighted by molar-refractivity contribution is 4.83. The molecule has 2 saturated heterocycles. The van der Waals surface area contributed by atoms with Gasteiger partial charge in [-0.2, -0.15) is 0 Å². The Labute approximate surface area is 107 Å². The van der Waals surface area contributed by atoms with Gasteiger partial charge in [0, 0.05) is 38.3 Å². The molecule has 1 N–H and O–H groups in total. The van der Waals surface area contributed by atoms with E-state index in [1.807, 2.05) is 0 Å². The van der Waals surface area contributed by atoms with Crippen molar-refractivity contribution in [3.05, 3.63) is 0 Å². The molecule has 0 aliphatic carbocycles. The van der Waals surface area contributed by atoms with Crippen molar-refractivity contribution < 1.29 is 0 Å². The maximum absolute atomic E-state index is 3.43. The van der Waals surface area contributed by atoms with Crippen LogP contribution in [0.4, 0.5) is 0 Å². The molecule has 2 aliphatic heterocycles. The average Bonchev–Trinajstić information content (AvgIpc) is 2.30. The van der Waals surface area contributed by atoms with E-state index in [-0.39, 0.29) is 0 Å². The minimum Gasteiger partial charge on any atom is -0.314 e. The van der Waals surface area contributed by atoms with Gasteiger partial charge in [-0.05, 0) is 52.6 Å². The summed E-state index contributed by atoms with van der Waals surface area (Å²) in [6.45, 7) is 15.8. The Balaban J connectivity index is 1.71. The Kier molecular flexibility index (Phi) is 4.45. The molecule has 0 unspecified atom stereocenters. The maximum atomic E-state index is 3.43. The van der Waals surface area contributed by atoms with Crippen molar-refractivity contribution in [2.24, 2.45) is 5.92 Å². The summed E-state index contributed by atoms with van der Waals surface area (Å²) in [5.41, 5.74) is 0.361. The van der Waals surface area contributed by atoms with Crippen LogP contribution >= 0.6 is 0 Å². The first-order valence-electron chi connectivity index (χ1n) is 7.24. The normalized spacial score (nSPS) is 26.3. The topological polar surface area (TPSA) is 18.5 Å². The van der Waals surface area contributed by atoms with Crippen LogP contribution in [0.15, 0.2) is 0 Å². The molecule has 2 rings (SSSR count). The molecule has 0 aromatic carbocycles. The minimum absolute atomic E-state index is 0.361. The standard InChI is InChI=1S/C14H29N3/c1-14(2,3)17-8-4-13(5-9-17)12-16-10-6-15-7-11-16/h13,15H,4-12H2,1-3H3. The number of rotatable bonds is 2. The van der Waals surface area contributed by atoms with Gasteiger partial charge in [0.2, 0.25) is 0 Å². The summed E-state index contributed by atoms with van der Waals surface area (Å²) in [6, 6.07) is 0. The van der Waals surface area contributed by atoms with E-state index in [9.17, 15) is 0 Å². The number of piperazine rings is 1. The van der Waals surface area contributed by atoms with Crippen molar-refractivity contribution in [3.8, 4) is 0 Å².